The largest absolute Gasteiger partial charge is 0.479 e. The summed E-state index contributed by atoms with van der Waals surface area (Å²) >= 11 is 0. The van der Waals surface area contributed by atoms with Gasteiger partial charge >= 0.3 is 0 Å². The number of imidazole rings is 1. The van der Waals surface area contributed by atoms with Crippen LogP contribution in [0.15, 0.2) is 43.0 Å². The van der Waals surface area contributed by atoms with Gasteiger partial charge in [-0.05, 0) is 44.5 Å². The number of nitrogens with zero attached hydrogens (tertiary/aromatic N) is 8. The van der Waals surface area contributed by atoms with E-state index in [1.165, 1.54) is 0 Å². The molecule has 0 spiro atoms. The number of likely N-dealkylation sites (tertiary alicyclic amines) is 1. The Hall–Kier alpha value is -4.26. The van der Waals surface area contributed by atoms with Crippen molar-refractivity contribution in [2.24, 2.45) is 0 Å². The second-order valence-corrected chi connectivity index (χ2v) is 10.4. The number of amides is 1. The molecule has 40 heavy (non-hydrogen) atoms. The third-order valence-corrected chi connectivity index (χ3v) is 7.28. The highest BCUT2D eigenvalue weighted by Crippen LogP contribution is 2.33. The van der Waals surface area contributed by atoms with Gasteiger partial charge in [-0.2, -0.15) is 0 Å². The maximum atomic E-state index is 13.2. The summed E-state index contributed by atoms with van der Waals surface area (Å²) in [6.07, 6.45) is 5.88. The molecule has 6 rings (SSSR count). The number of carbonyl (C=O) groups is 1. The summed E-state index contributed by atoms with van der Waals surface area (Å²) in [4.78, 5) is 38.5. The van der Waals surface area contributed by atoms with E-state index in [4.69, 9.17) is 4.74 Å². The molecule has 4 aromatic heterocycles. The summed E-state index contributed by atoms with van der Waals surface area (Å²) in [6, 6.07) is 7.30. The summed E-state index contributed by atoms with van der Waals surface area (Å²) < 4.78 is 34.0. The van der Waals surface area contributed by atoms with Crippen LogP contribution in [-0.4, -0.2) is 79.0 Å². The fourth-order valence-corrected chi connectivity index (χ4v) is 5.19. The minimum Gasteiger partial charge on any atom is -0.479 e. The maximum Gasteiger partial charge on any atom is 0.272 e. The molecular formula is C27H29F2N9O2. The van der Waals surface area contributed by atoms with Gasteiger partial charge in [0.25, 0.3) is 5.92 Å². The number of carbonyl (C=O) groups excluding carboxylic acids is 1. The number of halogens is 2. The number of anilines is 3. The van der Waals surface area contributed by atoms with Crippen molar-refractivity contribution in [2.75, 3.05) is 37.0 Å². The van der Waals surface area contributed by atoms with Gasteiger partial charge in [-0.1, -0.05) is 0 Å². The van der Waals surface area contributed by atoms with Crippen LogP contribution < -0.4 is 15.0 Å². The molecule has 0 aromatic carbocycles. The SMILES string of the molecule is COc1nc(-c2ccnc(Nc3ccc(N4CCC(N5CC(F)(F)C5)CC4=O)cn3)n2)cc2c1ncn2C(C)C. The summed E-state index contributed by atoms with van der Waals surface area (Å²) in [5.74, 6) is -1.48. The van der Waals surface area contributed by atoms with E-state index in [9.17, 15) is 13.6 Å². The van der Waals surface area contributed by atoms with E-state index in [0.717, 1.165) is 5.52 Å². The normalized spacial score (nSPS) is 19.2. The average Bonchev–Trinajstić information content (AvgIpc) is 3.36. The van der Waals surface area contributed by atoms with Crippen LogP contribution in [0.2, 0.25) is 0 Å². The van der Waals surface area contributed by atoms with E-state index < -0.39 is 5.92 Å². The molecule has 6 heterocycles. The first kappa shape index (κ1) is 26.0. The van der Waals surface area contributed by atoms with Gasteiger partial charge in [-0.15, -0.1) is 0 Å². The van der Waals surface area contributed by atoms with Crippen molar-refractivity contribution in [3.05, 3.63) is 43.0 Å². The first-order valence-electron chi connectivity index (χ1n) is 13.1. The lowest BCUT2D eigenvalue weighted by molar-refractivity contribution is -0.153. The van der Waals surface area contributed by atoms with Crippen LogP contribution in [0.1, 0.15) is 32.7 Å². The summed E-state index contributed by atoms with van der Waals surface area (Å²) in [5, 5.41) is 3.10. The lowest BCUT2D eigenvalue weighted by atomic mass is 9.97. The Morgan fingerprint density at radius 2 is 1.93 bits per heavy atom. The molecule has 0 radical (unpaired) electrons. The van der Waals surface area contributed by atoms with Gasteiger partial charge in [0.05, 0.1) is 55.3 Å². The van der Waals surface area contributed by atoms with Gasteiger partial charge in [0.15, 0.2) is 5.52 Å². The van der Waals surface area contributed by atoms with Gasteiger partial charge in [0, 0.05) is 31.2 Å². The highest BCUT2D eigenvalue weighted by molar-refractivity contribution is 5.94. The number of alkyl halides is 2. The Morgan fingerprint density at radius 1 is 1.10 bits per heavy atom. The second kappa shape index (κ2) is 10.0. The zero-order valence-electron chi connectivity index (χ0n) is 22.4. The molecule has 1 amide bonds. The summed E-state index contributed by atoms with van der Waals surface area (Å²) in [6.45, 7) is 4.08. The number of pyridine rings is 2. The van der Waals surface area contributed by atoms with Gasteiger partial charge in [-0.25, -0.2) is 33.7 Å². The Labute approximate surface area is 229 Å². The van der Waals surface area contributed by atoms with Crippen LogP contribution in [-0.2, 0) is 4.79 Å². The lowest BCUT2D eigenvalue weighted by Gasteiger charge is -2.46. The number of hydrogen-bond acceptors (Lipinski definition) is 9. The molecule has 2 saturated heterocycles. The van der Waals surface area contributed by atoms with E-state index in [-0.39, 0.29) is 37.5 Å². The molecule has 4 aromatic rings. The molecule has 2 aliphatic rings. The monoisotopic (exact) mass is 549 g/mol. The Kier molecular flexibility index (Phi) is 6.53. The minimum atomic E-state index is -2.63. The topological polar surface area (TPSA) is 114 Å². The highest BCUT2D eigenvalue weighted by Gasteiger charge is 2.47. The van der Waals surface area contributed by atoms with Crippen LogP contribution in [0, 0.1) is 0 Å². The van der Waals surface area contributed by atoms with Crippen molar-refractivity contribution >= 4 is 34.4 Å². The molecule has 2 aliphatic heterocycles. The van der Waals surface area contributed by atoms with E-state index in [2.05, 4.69) is 44.1 Å². The first-order valence-corrected chi connectivity index (χ1v) is 13.1. The standard InChI is InChI=1S/C27H29F2N9O2/c1-16(2)38-15-32-24-21(38)11-20(33-25(24)40-3)19-6-8-30-26(34-19)35-22-5-4-18(12-31-22)37-9-7-17(10-23(37)39)36-13-27(28,29)14-36/h4-6,8,11-12,15-17H,7,9-10,13-14H2,1-3H3,(H,30,31,34,35). The fourth-order valence-electron chi connectivity index (χ4n) is 5.19. The number of fused-ring (bicyclic) bond motifs is 1. The summed E-state index contributed by atoms with van der Waals surface area (Å²) in [5.41, 5.74) is 3.44. The average molecular weight is 550 g/mol. The number of methoxy groups -OCH3 is 1. The third kappa shape index (κ3) is 4.92. The smallest absolute Gasteiger partial charge is 0.272 e. The van der Waals surface area contributed by atoms with Crippen molar-refractivity contribution in [3.63, 3.8) is 0 Å². The molecule has 13 heteroatoms. The van der Waals surface area contributed by atoms with E-state index in [0.29, 0.717) is 53.2 Å². The van der Waals surface area contributed by atoms with Gasteiger partial charge in [0.1, 0.15) is 5.82 Å². The quantitative estimate of drug-likeness (QED) is 0.364. The highest BCUT2D eigenvalue weighted by atomic mass is 19.3. The number of ether oxygens (including phenoxy) is 1. The van der Waals surface area contributed by atoms with Crippen molar-refractivity contribution in [2.45, 2.75) is 44.7 Å². The molecule has 1 unspecified atom stereocenters. The number of piperidine rings is 1. The lowest BCUT2D eigenvalue weighted by Crippen LogP contribution is -2.62. The number of nitrogens with one attached hydrogen (secondary N) is 1. The zero-order chi connectivity index (χ0) is 28.0. The summed E-state index contributed by atoms with van der Waals surface area (Å²) in [7, 11) is 1.56. The van der Waals surface area contributed by atoms with Crippen LogP contribution in [0.5, 0.6) is 5.88 Å². The predicted molar refractivity (Wildman–Crippen MR) is 145 cm³/mol. The van der Waals surface area contributed by atoms with Crippen molar-refractivity contribution in [3.8, 4) is 17.3 Å². The fraction of sp³-hybridized carbons (Fsp3) is 0.407. The van der Waals surface area contributed by atoms with Crippen molar-refractivity contribution < 1.29 is 18.3 Å². The maximum absolute atomic E-state index is 13.2. The Balaban J connectivity index is 1.16. The predicted octanol–water partition coefficient (Wildman–Crippen LogP) is 4.06. The number of aromatic nitrogens is 6. The molecule has 0 saturated carbocycles. The van der Waals surface area contributed by atoms with Crippen LogP contribution in [0.3, 0.4) is 0 Å². The van der Waals surface area contributed by atoms with Crippen LogP contribution in [0.25, 0.3) is 22.4 Å². The molecule has 11 nitrogen and oxygen atoms in total. The van der Waals surface area contributed by atoms with Crippen LogP contribution in [0.4, 0.5) is 26.2 Å². The van der Waals surface area contributed by atoms with Gasteiger partial charge in [-0.3, -0.25) is 9.69 Å². The number of hydrogen-bond donors (Lipinski definition) is 1. The number of rotatable bonds is 7. The molecule has 2 fully saturated rings. The Bertz CT molecular complexity index is 1550. The zero-order valence-corrected chi connectivity index (χ0v) is 22.4. The minimum absolute atomic E-state index is 0.0938. The molecule has 208 valence electrons. The molecule has 0 bridgehead atoms. The Morgan fingerprint density at radius 3 is 2.60 bits per heavy atom. The molecule has 1 atom stereocenters. The van der Waals surface area contributed by atoms with E-state index in [1.807, 2.05) is 10.6 Å². The van der Waals surface area contributed by atoms with E-state index in [1.54, 1.807) is 53.8 Å². The van der Waals surface area contributed by atoms with Crippen molar-refractivity contribution in [1.29, 1.82) is 0 Å². The first-order chi connectivity index (χ1) is 19.2. The molecule has 1 N–H and O–H groups in total. The van der Waals surface area contributed by atoms with Gasteiger partial charge in [0.2, 0.25) is 17.7 Å². The second-order valence-electron chi connectivity index (χ2n) is 10.4. The van der Waals surface area contributed by atoms with Crippen molar-refractivity contribution in [1.82, 2.24) is 34.4 Å². The third-order valence-electron chi connectivity index (χ3n) is 7.28. The van der Waals surface area contributed by atoms with E-state index >= 15 is 0 Å². The molecular weight excluding hydrogens is 520 g/mol. The van der Waals surface area contributed by atoms with Gasteiger partial charge < -0.3 is 19.5 Å². The van der Waals surface area contributed by atoms with Crippen LogP contribution >= 0.6 is 0 Å². The molecule has 0 aliphatic carbocycles.